The van der Waals surface area contributed by atoms with E-state index in [-0.39, 0.29) is 0 Å². The summed E-state index contributed by atoms with van der Waals surface area (Å²) in [6.07, 6.45) is 0. The highest BCUT2D eigenvalue weighted by Gasteiger charge is 2.14. The van der Waals surface area contributed by atoms with E-state index in [0.29, 0.717) is 12.5 Å². The lowest BCUT2D eigenvalue weighted by Gasteiger charge is -2.03. The summed E-state index contributed by atoms with van der Waals surface area (Å²) < 4.78 is 2.02. The van der Waals surface area contributed by atoms with Gasteiger partial charge >= 0.3 is 5.95 Å². The zero-order valence-corrected chi connectivity index (χ0v) is 10.5. The average molecular weight is 259 g/mol. The number of hydrogen-bond donors (Lipinski definition) is 2. The number of nitrogens with one attached hydrogen (secondary N) is 1. The van der Waals surface area contributed by atoms with Crippen LogP contribution in [0.5, 0.6) is 0 Å². The molecule has 1 aromatic heterocycles. The Balaban J connectivity index is 2.10. The number of nitrogen functional groups attached to an aromatic ring is 1. The topological polar surface area (TPSA) is 45.7 Å². The molecule has 2 aromatic carbocycles. The largest absolute Gasteiger partial charge is 0.353 e. The van der Waals surface area contributed by atoms with Crippen molar-refractivity contribution in [1.82, 2.24) is 4.98 Å². The number of nitrogens with two attached hydrogens (primary N) is 1. The molecule has 0 aliphatic heterocycles. The number of imidazole rings is 1. The standard InChI is InChI=1S/C14H12ClN3/c15-11-6-2-1-5-10(11)9-18-13-8-4-3-7-12(13)17-14(18)16/h1-8H,9H2,(H2,16,17)/p+1. The minimum Gasteiger partial charge on any atom is -0.290 e. The van der Waals surface area contributed by atoms with E-state index in [1.807, 2.05) is 53.1 Å². The van der Waals surface area contributed by atoms with E-state index < -0.39 is 0 Å². The lowest BCUT2D eigenvalue weighted by atomic mass is 10.2. The van der Waals surface area contributed by atoms with Crippen LogP contribution in [0.2, 0.25) is 5.02 Å². The first-order valence-corrected chi connectivity index (χ1v) is 6.13. The van der Waals surface area contributed by atoms with Gasteiger partial charge < -0.3 is 0 Å². The number of fused-ring (bicyclic) bond motifs is 1. The number of aromatic nitrogens is 2. The van der Waals surface area contributed by atoms with Gasteiger partial charge in [-0.15, -0.1) is 0 Å². The Bertz CT molecular complexity index is 703. The minimum absolute atomic E-state index is 0.635. The molecule has 1 heterocycles. The lowest BCUT2D eigenvalue weighted by Crippen LogP contribution is -2.36. The summed E-state index contributed by atoms with van der Waals surface area (Å²) in [6, 6.07) is 15.8. The fourth-order valence-electron chi connectivity index (χ4n) is 2.12. The number of para-hydroxylation sites is 2. The van der Waals surface area contributed by atoms with Crippen LogP contribution in [0.3, 0.4) is 0 Å². The lowest BCUT2D eigenvalue weighted by molar-refractivity contribution is -0.647. The van der Waals surface area contributed by atoms with Crippen molar-refractivity contribution in [1.29, 1.82) is 0 Å². The van der Waals surface area contributed by atoms with Gasteiger partial charge in [-0.05, 0) is 18.2 Å². The monoisotopic (exact) mass is 258 g/mol. The fourth-order valence-corrected chi connectivity index (χ4v) is 2.31. The van der Waals surface area contributed by atoms with Crippen molar-refractivity contribution in [3.63, 3.8) is 0 Å². The Kier molecular flexibility index (Phi) is 2.68. The highest BCUT2D eigenvalue weighted by molar-refractivity contribution is 6.31. The van der Waals surface area contributed by atoms with Gasteiger partial charge in [0.2, 0.25) is 0 Å². The maximum atomic E-state index is 6.18. The second kappa shape index (κ2) is 4.35. The van der Waals surface area contributed by atoms with Gasteiger partial charge in [-0.3, -0.25) is 5.73 Å². The first-order chi connectivity index (χ1) is 8.75. The maximum absolute atomic E-state index is 6.18. The van der Waals surface area contributed by atoms with Gasteiger partial charge in [0.1, 0.15) is 11.0 Å². The molecule has 3 aromatic rings. The van der Waals surface area contributed by atoms with E-state index in [0.717, 1.165) is 21.6 Å². The Morgan fingerprint density at radius 3 is 2.61 bits per heavy atom. The summed E-state index contributed by atoms with van der Waals surface area (Å²) >= 11 is 6.18. The molecule has 0 aliphatic rings. The minimum atomic E-state index is 0.635. The molecule has 0 saturated heterocycles. The molecule has 0 fully saturated rings. The quantitative estimate of drug-likeness (QED) is 0.682. The molecule has 0 amide bonds. The van der Waals surface area contributed by atoms with Crippen molar-refractivity contribution < 1.29 is 4.57 Å². The van der Waals surface area contributed by atoms with E-state index in [1.54, 1.807) is 0 Å². The maximum Gasteiger partial charge on any atom is 0.353 e. The molecule has 18 heavy (non-hydrogen) atoms. The number of nitrogens with zero attached hydrogens (tertiary/aromatic N) is 1. The van der Waals surface area contributed by atoms with Gasteiger partial charge in [-0.2, -0.15) is 0 Å². The summed E-state index contributed by atoms with van der Waals surface area (Å²) in [5.74, 6) is 0.635. The van der Waals surface area contributed by atoms with Crippen LogP contribution >= 0.6 is 11.6 Å². The Hall–Kier alpha value is -2.00. The molecule has 0 spiro atoms. The summed E-state index contributed by atoms with van der Waals surface area (Å²) in [5.41, 5.74) is 9.18. The van der Waals surface area contributed by atoms with Crippen LogP contribution in [0.1, 0.15) is 5.56 Å². The number of rotatable bonds is 2. The van der Waals surface area contributed by atoms with E-state index >= 15 is 0 Å². The predicted octanol–water partition coefficient (Wildman–Crippen LogP) is 2.74. The number of halogens is 1. The van der Waals surface area contributed by atoms with Crippen LogP contribution in [0, 0.1) is 0 Å². The third-order valence-electron chi connectivity index (χ3n) is 3.03. The zero-order chi connectivity index (χ0) is 12.5. The molecule has 0 bridgehead atoms. The Morgan fingerprint density at radius 2 is 1.78 bits per heavy atom. The summed E-state index contributed by atoms with van der Waals surface area (Å²) in [6.45, 7) is 0.662. The molecule has 0 aliphatic carbocycles. The van der Waals surface area contributed by atoms with Crippen LogP contribution in [-0.2, 0) is 6.54 Å². The second-order valence-corrected chi connectivity index (χ2v) is 4.61. The molecule has 3 N–H and O–H groups in total. The number of H-pyrrole nitrogens is 1. The molecule has 4 heteroatoms. The van der Waals surface area contributed by atoms with Crippen molar-refractivity contribution in [2.45, 2.75) is 6.54 Å². The van der Waals surface area contributed by atoms with Crippen molar-refractivity contribution in [3.8, 4) is 0 Å². The van der Waals surface area contributed by atoms with Crippen LogP contribution in [-0.4, -0.2) is 4.98 Å². The van der Waals surface area contributed by atoms with Crippen LogP contribution in [0.4, 0.5) is 5.95 Å². The molecule has 0 radical (unpaired) electrons. The van der Waals surface area contributed by atoms with Gasteiger partial charge in [-0.25, -0.2) is 9.55 Å². The average Bonchev–Trinajstić information content (AvgIpc) is 2.69. The summed E-state index contributed by atoms with van der Waals surface area (Å²) in [7, 11) is 0. The number of aromatic amines is 1. The number of anilines is 1. The van der Waals surface area contributed by atoms with Crippen molar-refractivity contribution in [2.24, 2.45) is 0 Å². The third kappa shape index (κ3) is 1.83. The van der Waals surface area contributed by atoms with E-state index in [2.05, 4.69) is 4.98 Å². The number of hydrogen-bond acceptors (Lipinski definition) is 1. The van der Waals surface area contributed by atoms with Gasteiger partial charge in [-0.1, -0.05) is 41.9 Å². The SMILES string of the molecule is Nc1[nH]c2ccccc2[n+]1Cc1ccccc1Cl. The molecule has 0 saturated carbocycles. The van der Waals surface area contributed by atoms with Crippen molar-refractivity contribution in [2.75, 3.05) is 5.73 Å². The van der Waals surface area contributed by atoms with Gasteiger partial charge in [0.25, 0.3) is 0 Å². The van der Waals surface area contributed by atoms with Gasteiger partial charge in [0.05, 0.1) is 6.54 Å². The van der Waals surface area contributed by atoms with Gasteiger partial charge in [0, 0.05) is 10.6 Å². The highest BCUT2D eigenvalue weighted by atomic mass is 35.5. The summed E-state index contributed by atoms with van der Waals surface area (Å²) in [5, 5.41) is 0.759. The first kappa shape index (κ1) is 11.1. The van der Waals surface area contributed by atoms with Crippen LogP contribution < -0.4 is 10.3 Å². The smallest absolute Gasteiger partial charge is 0.290 e. The van der Waals surface area contributed by atoms with Crippen LogP contribution in [0.15, 0.2) is 48.5 Å². The van der Waals surface area contributed by atoms with Gasteiger partial charge in [0.15, 0.2) is 0 Å². The zero-order valence-electron chi connectivity index (χ0n) is 9.73. The fraction of sp³-hybridized carbons (Fsp3) is 0.0714. The molecule has 3 nitrogen and oxygen atoms in total. The third-order valence-corrected chi connectivity index (χ3v) is 3.40. The molecule has 0 unspecified atom stereocenters. The van der Waals surface area contributed by atoms with Crippen molar-refractivity contribution >= 4 is 28.6 Å². The Labute approximate surface area is 110 Å². The molecule has 0 atom stereocenters. The van der Waals surface area contributed by atoms with Crippen molar-refractivity contribution in [3.05, 3.63) is 59.1 Å². The summed E-state index contributed by atoms with van der Waals surface area (Å²) in [4.78, 5) is 3.16. The molecule has 90 valence electrons. The first-order valence-electron chi connectivity index (χ1n) is 5.75. The predicted molar refractivity (Wildman–Crippen MR) is 73.5 cm³/mol. The Morgan fingerprint density at radius 1 is 1.06 bits per heavy atom. The van der Waals surface area contributed by atoms with Crippen LogP contribution in [0.25, 0.3) is 11.0 Å². The normalized spacial score (nSPS) is 10.9. The second-order valence-electron chi connectivity index (χ2n) is 4.20. The highest BCUT2D eigenvalue weighted by Crippen LogP contribution is 2.16. The van der Waals surface area contributed by atoms with E-state index in [1.165, 1.54) is 0 Å². The number of benzene rings is 2. The molecule has 3 rings (SSSR count). The van der Waals surface area contributed by atoms with E-state index in [4.69, 9.17) is 17.3 Å². The van der Waals surface area contributed by atoms with E-state index in [9.17, 15) is 0 Å². The molecular weight excluding hydrogens is 246 g/mol. The molecular formula is C14H13ClN3+.